The summed E-state index contributed by atoms with van der Waals surface area (Å²) in [6.45, 7) is 5.80. The molecule has 0 aromatic carbocycles. The third-order valence-corrected chi connectivity index (χ3v) is 2.67. The van der Waals surface area contributed by atoms with Crippen LogP contribution in [0, 0.1) is 0 Å². The van der Waals surface area contributed by atoms with Crippen LogP contribution in [0.15, 0.2) is 0 Å². The molecule has 1 fully saturated rings. The molecular weight excluding hydrogens is 164 g/mol. The number of carbonyl (C=O) groups excluding carboxylic acids is 1. The Morgan fingerprint density at radius 1 is 1.46 bits per heavy atom. The van der Waals surface area contributed by atoms with Crippen LogP contribution < -0.4 is 5.73 Å². The lowest BCUT2D eigenvalue weighted by Crippen LogP contribution is -2.45. The molecule has 0 heterocycles. The first kappa shape index (κ1) is 10.5. The zero-order valence-corrected chi connectivity index (χ0v) is 8.68. The number of hydrogen-bond donors (Lipinski definition) is 1. The van der Waals surface area contributed by atoms with E-state index in [1.807, 2.05) is 11.8 Å². The van der Waals surface area contributed by atoms with Gasteiger partial charge < -0.3 is 10.6 Å². The second-order valence-electron chi connectivity index (χ2n) is 3.89. The predicted octanol–water partition coefficient (Wildman–Crippen LogP) is 1.13. The Labute approximate surface area is 80.3 Å². The molecule has 1 rings (SSSR count). The highest BCUT2D eigenvalue weighted by molar-refractivity contribution is 5.89. The number of rotatable bonds is 5. The Morgan fingerprint density at radius 3 is 2.46 bits per heavy atom. The molecule has 0 aliphatic heterocycles. The minimum absolute atomic E-state index is 0.156. The molecule has 1 saturated carbocycles. The van der Waals surface area contributed by atoms with E-state index in [4.69, 9.17) is 5.73 Å². The molecular formula is C10H20N2O. The summed E-state index contributed by atoms with van der Waals surface area (Å²) in [6, 6.07) is 0. The quantitative estimate of drug-likeness (QED) is 0.696. The van der Waals surface area contributed by atoms with E-state index in [9.17, 15) is 4.79 Å². The fraction of sp³-hybridized carbons (Fsp3) is 0.900. The van der Waals surface area contributed by atoms with Gasteiger partial charge in [-0.25, -0.2) is 0 Å². The van der Waals surface area contributed by atoms with Crippen LogP contribution in [0.2, 0.25) is 0 Å². The molecule has 0 saturated heterocycles. The number of amides is 1. The lowest BCUT2D eigenvalue weighted by atomic mass is 10.2. The number of likely N-dealkylation sites (N-methyl/N-ethyl adjacent to an activating group) is 1. The third-order valence-electron chi connectivity index (χ3n) is 2.67. The summed E-state index contributed by atoms with van der Waals surface area (Å²) in [6.07, 6.45) is 3.94. The Kier molecular flexibility index (Phi) is 3.31. The summed E-state index contributed by atoms with van der Waals surface area (Å²) in [5, 5.41) is 0. The zero-order chi connectivity index (χ0) is 9.90. The van der Waals surface area contributed by atoms with Crippen molar-refractivity contribution in [1.82, 2.24) is 4.90 Å². The van der Waals surface area contributed by atoms with Crippen molar-refractivity contribution in [1.29, 1.82) is 0 Å². The highest BCUT2D eigenvalue weighted by Crippen LogP contribution is 2.34. The second-order valence-corrected chi connectivity index (χ2v) is 3.89. The van der Waals surface area contributed by atoms with E-state index in [0.29, 0.717) is 0 Å². The number of nitrogens with zero attached hydrogens (tertiary/aromatic N) is 1. The van der Waals surface area contributed by atoms with E-state index in [0.717, 1.165) is 38.8 Å². The monoisotopic (exact) mass is 184 g/mol. The first-order valence-electron chi connectivity index (χ1n) is 5.22. The second kappa shape index (κ2) is 4.09. The van der Waals surface area contributed by atoms with Crippen LogP contribution in [0.1, 0.15) is 39.5 Å². The van der Waals surface area contributed by atoms with Gasteiger partial charge in [0.15, 0.2) is 0 Å². The molecule has 0 spiro atoms. The van der Waals surface area contributed by atoms with Crippen LogP contribution >= 0.6 is 0 Å². The summed E-state index contributed by atoms with van der Waals surface area (Å²) in [4.78, 5) is 13.7. The number of nitrogens with two attached hydrogens (primary N) is 1. The summed E-state index contributed by atoms with van der Waals surface area (Å²) in [5.41, 5.74) is 5.36. The van der Waals surface area contributed by atoms with Crippen LogP contribution in [0.5, 0.6) is 0 Å². The lowest BCUT2D eigenvalue weighted by molar-refractivity contribution is -0.133. The molecule has 1 aliphatic rings. The highest BCUT2D eigenvalue weighted by atomic mass is 16.2. The first-order chi connectivity index (χ1) is 6.14. The molecule has 3 heteroatoms. The van der Waals surface area contributed by atoms with Gasteiger partial charge >= 0.3 is 0 Å². The maximum Gasteiger partial charge on any atom is 0.242 e. The van der Waals surface area contributed by atoms with Gasteiger partial charge in [0.2, 0.25) is 5.91 Å². The molecule has 0 aromatic rings. The van der Waals surface area contributed by atoms with Gasteiger partial charge in [-0.2, -0.15) is 0 Å². The van der Waals surface area contributed by atoms with Crippen LogP contribution in [-0.2, 0) is 4.79 Å². The van der Waals surface area contributed by atoms with Gasteiger partial charge in [-0.1, -0.05) is 13.3 Å². The van der Waals surface area contributed by atoms with E-state index in [1.54, 1.807) is 0 Å². The average molecular weight is 184 g/mol. The predicted molar refractivity (Wildman–Crippen MR) is 53.3 cm³/mol. The fourth-order valence-electron chi connectivity index (χ4n) is 1.42. The smallest absolute Gasteiger partial charge is 0.242 e. The summed E-state index contributed by atoms with van der Waals surface area (Å²) in [5.74, 6) is 0.156. The van der Waals surface area contributed by atoms with Crippen molar-refractivity contribution in [3.63, 3.8) is 0 Å². The van der Waals surface area contributed by atoms with Gasteiger partial charge in [0.05, 0.1) is 5.54 Å². The molecule has 13 heavy (non-hydrogen) atoms. The van der Waals surface area contributed by atoms with Crippen molar-refractivity contribution in [3.05, 3.63) is 0 Å². The molecule has 0 bridgehead atoms. The molecule has 3 nitrogen and oxygen atoms in total. The van der Waals surface area contributed by atoms with E-state index < -0.39 is 5.54 Å². The Morgan fingerprint density at radius 2 is 2.08 bits per heavy atom. The maximum atomic E-state index is 11.8. The van der Waals surface area contributed by atoms with Gasteiger partial charge in [-0.3, -0.25) is 4.79 Å². The Hall–Kier alpha value is -0.570. The zero-order valence-electron chi connectivity index (χ0n) is 8.68. The first-order valence-corrected chi connectivity index (χ1v) is 5.22. The van der Waals surface area contributed by atoms with E-state index >= 15 is 0 Å². The van der Waals surface area contributed by atoms with Crippen molar-refractivity contribution in [2.75, 3.05) is 13.1 Å². The van der Waals surface area contributed by atoms with Crippen molar-refractivity contribution < 1.29 is 4.79 Å². The molecule has 1 aliphatic carbocycles. The Balaban J connectivity index is 2.41. The number of carbonyl (C=O) groups is 1. The van der Waals surface area contributed by atoms with Crippen molar-refractivity contribution >= 4 is 5.91 Å². The van der Waals surface area contributed by atoms with E-state index in [2.05, 4.69) is 6.92 Å². The normalized spacial score (nSPS) is 18.4. The third kappa shape index (κ3) is 2.44. The summed E-state index contributed by atoms with van der Waals surface area (Å²) in [7, 11) is 0. The van der Waals surface area contributed by atoms with Crippen LogP contribution in [-0.4, -0.2) is 29.4 Å². The molecule has 76 valence electrons. The topological polar surface area (TPSA) is 46.3 Å². The SMILES string of the molecule is CCCCN(CC)C(=O)C1(N)CC1. The molecule has 1 amide bonds. The molecule has 0 unspecified atom stereocenters. The van der Waals surface area contributed by atoms with Crippen molar-refractivity contribution in [2.45, 2.75) is 45.1 Å². The largest absolute Gasteiger partial charge is 0.341 e. The lowest BCUT2D eigenvalue weighted by Gasteiger charge is -2.23. The van der Waals surface area contributed by atoms with Gasteiger partial charge in [-0.05, 0) is 26.2 Å². The highest BCUT2D eigenvalue weighted by Gasteiger charge is 2.47. The van der Waals surface area contributed by atoms with Crippen LogP contribution in [0.3, 0.4) is 0 Å². The van der Waals surface area contributed by atoms with E-state index in [-0.39, 0.29) is 5.91 Å². The van der Waals surface area contributed by atoms with Gasteiger partial charge in [0, 0.05) is 13.1 Å². The van der Waals surface area contributed by atoms with Crippen LogP contribution in [0.4, 0.5) is 0 Å². The number of hydrogen-bond acceptors (Lipinski definition) is 2. The van der Waals surface area contributed by atoms with Gasteiger partial charge in [0.25, 0.3) is 0 Å². The van der Waals surface area contributed by atoms with Gasteiger partial charge in [0.1, 0.15) is 0 Å². The molecule has 0 radical (unpaired) electrons. The van der Waals surface area contributed by atoms with Gasteiger partial charge in [-0.15, -0.1) is 0 Å². The fourth-order valence-corrected chi connectivity index (χ4v) is 1.42. The van der Waals surface area contributed by atoms with E-state index in [1.165, 1.54) is 0 Å². The summed E-state index contributed by atoms with van der Waals surface area (Å²) >= 11 is 0. The molecule has 0 aromatic heterocycles. The van der Waals surface area contributed by atoms with Crippen molar-refractivity contribution in [2.24, 2.45) is 5.73 Å². The minimum Gasteiger partial charge on any atom is -0.341 e. The van der Waals surface area contributed by atoms with Crippen molar-refractivity contribution in [3.8, 4) is 0 Å². The maximum absolute atomic E-state index is 11.8. The Bertz CT molecular complexity index is 187. The van der Waals surface area contributed by atoms with Crippen LogP contribution in [0.25, 0.3) is 0 Å². The summed E-state index contributed by atoms with van der Waals surface area (Å²) < 4.78 is 0. The number of unbranched alkanes of at least 4 members (excludes halogenated alkanes) is 1. The average Bonchev–Trinajstić information content (AvgIpc) is 2.86. The standard InChI is InChI=1S/C10H20N2O/c1-3-5-8-12(4-2)9(13)10(11)6-7-10/h3-8,11H2,1-2H3. The molecule has 0 atom stereocenters. The minimum atomic E-state index is -0.482. The molecule has 2 N–H and O–H groups in total.